The number of nitrogens with one attached hydrogen (secondary N) is 1. The van der Waals surface area contributed by atoms with Gasteiger partial charge >= 0.3 is 0 Å². The van der Waals surface area contributed by atoms with Crippen molar-refractivity contribution in [1.29, 1.82) is 0 Å². The summed E-state index contributed by atoms with van der Waals surface area (Å²) >= 11 is 0. The molecule has 3 aromatic rings. The highest BCUT2D eigenvalue weighted by molar-refractivity contribution is 6.05. The smallest absolute Gasteiger partial charge is 0.255 e. The predicted molar refractivity (Wildman–Crippen MR) is 122 cm³/mol. The highest BCUT2D eigenvalue weighted by Gasteiger charge is 2.14. The van der Waals surface area contributed by atoms with Gasteiger partial charge in [-0.2, -0.15) is 0 Å². The molecule has 3 aromatic carbocycles. The third-order valence-electron chi connectivity index (χ3n) is 5.02. The second-order valence-corrected chi connectivity index (χ2v) is 7.27. The highest BCUT2D eigenvalue weighted by Crippen LogP contribution is 2.25. The molecule has 0 saturated carbocycles. The van der Waals surface area contributed by atoms with Gasteiger partial charge in [0.25, 0.3) is 5.91 Å². The van der Waals surface area contributed by atoms with E-state index < -0.39 is 0 Å². The maximum atomic E-state index is 13.0. The van der Waals surface area contributed by atoms with Crippen molar-refractivity contribution in [3.63, 3.8) is 0 Å². The Morgan fingerprint density at radius 3 is 2.37 bits per heavy atom. The Morgan fingerprint density at radius 2 is 1.67 bits per heavy atom. The van der Waals surface area contributed by atoms with E-state index in [0.717, 1.165) is 40.3 Å². The van der Waals surface area contributed by atoms with E-state index in [1.54, 1.807) is 6.07 Å². The van der Waals surface area contributed by atoms with Gasteiger partial charge < -0.3 is 14.8 Å². The maximum Gasteiger partial charge on any atom is 0.255 e. The number of rotatable bonds is 8. The molecule has 0 heterocycles. The second-order valence-electron chi connectivity index (χ2n) is 7.27. The van der Waals surface area contributed by atoms with Crippen LogP contribution in [0.4, 0.5) is 5.69 Å². The highest BCUT2D eigenvalue weighted by atomic mass is 16.5. The fourth-order valence-corrected chi connectivity index (χ4v) is 3.31. The number of carbonyl (C=O) groups is 1. The minimum atomic E-state index is -0.140. The van der Waals surface area contributed by atoms with Crippen LogP contribution in [0.2, 0.25) is 0 Å². The molecule has 0 atom stereocenters. The van der Waals surface area contributed by atoms with Crippen LogP contribution in [-0.2, 0) is 13.0 Å². The monoisotopic (exact) mass is 403 g/mol. The first-order valence-corrected chi connectivity index (χ1v) is 10.4. The number of aryl methyl sites for hydroxylation is 3. The molecule has 0 fully saturated rings. The third kappa shape index (κ3) is 5.20. The van der Waals surface area contributed by atoms with Gasteiger partial charge in [0.2, 0.25) is 0 Å². The van der Waals surface area contributed by atoms with Crippen molar-refractivity contribution in [2.75, 3.05) is 11.9 Å². The normalized spacial score (nSPS) is 10.5. The Bertz CT molecular complexity index is 1010. The van der Waals surface area contributed by atoms with Crippen LogP contribution in [0.25, 0.3) is 0 Å². The Labute approximate surface area is 178 Å². The van der Waals surface area contributed by atoms with Crippen LogP contribution < -0.4 is 14.8 Å². The molecule has 3 rings (SSSR count). The zero-order valence-electron chi connectivity index (χ0n) is 18.1. The van der Waals surface area contributed by atoms with Crippen molar-refractivity contribution in [3.05, 3.63) is 88.5 Å². The molecule has 0 aliphatic carbocycles. The fourth-order valence-electron chi connectivity index (χ4n) is 3.31. The summed E-state index contributed by atoms with van der Waals surface area (Å²) in [5, 5.41) is 3.08. The number of hydrogen-bond donors (Lipinski definition) is 1. The van der Waals surface area contributed by atoms with Crippen molar-refractivity contribution in [2.45, 2.75) is 40.7 Å². The summed E-state index contributed by atoms with van der Waals surface area (Å²) in [5.74, 6) is 1.37. The van der Waals surface area contributed by atoms with Crippen LogP contribution >= 0.6 is 0 Å². The van der Waals surface area contributed by atoms with Gasteiger partial charge in [0.15, 0.2) is 0 Å². The number of ether oxygens (including phenoxy) is 2. The summed E-state index contributed by atoms with van der Waals surface area (Å²) in [5.41, 5.74) is 5.65. The molecule has 30 heavy (non-hydrogen) atoms. The number of benzene rings is 3. The molecule has 0 aliphatic rings. The average molecular weight is 404 g/mol. The Balaban J connectivity index is 1.82. The number of anilines is 1. The molecule has 0 radical (unpaired) electrons. The summed E-state index contributed by atoms with van der Waals surface area (Å²) < 4.78 is 11.7. The lowest BCUT2D eigenvalue weighted by Gasteiger charge is -2.15. The molecule has 1 N–H and O–H groups in total. The van der Waals surface area contributed by atoms with Gasteiger partial charge in [-0.15, -0.1) is 0 Å². The Kier molecular flexibility index (Phi) is 7.12. The molecule has 4 nitrogen and oxygen atoms in total. The standard InChI is InChI=1S/C26H29NO3/c1-5-20-9-7-8-19(4)25(20)27-26(28)21-12-15-24(29-6-2)22(16-21)17-30-23-13-10-18(3)11-14-23/h7-16H,5-6,17H2,1-4H3,(H,27,28). The van der Waals surface area contributed by atoms with E-state index in [-0.39, 0.29) is 5.91 Å². The lowest BCUT2D eigenvalue weighted by atomic mass is 10.0. The number of para-hydroxylation sites is 1. The Hall–Kier alpha value is -3.27. The van der Waals surface area contributed by atoms with Crippen molar-refractivity contribution >= 4 is 11.6 Å². The van der Waals surface area contributed by atoms with E-state index in [2.05, 4.69) is 12.2 Å². The van der Waals surface area contributed by atoms with Crippen LogP contribution in [0, 0.1) is 13.8 Å². The van der Waals surface area contributed by atoms with Gasteiger partial charge in [-0.05, 0) is 68.7 Å². The molecule has 1 amide bonds. The van der Waals surface area contributed by atoms with Crippen LogP contribution in [0.15, 0.2) is 60.7 Å². The van der Waals surface area contributed by atoms with E-state index in [1.807, 2.05) is 75.4 Å². The van der Waals surface area contributed by atoms with Gasteiger partial charge in [0.1, 0.15) is 18.1 Å². The lowest BCUT2D eigenvalue weighted by molar-refractivity contribution is 0.102. The summed E-state index contributed by atoms with van der Waals surface area (Å²) in [6.07, 6.45) is 0.857. The first kappa shape index (κ1) is 21.4. The summed E-state index contributed by atoms with van der Waals surface area (Å²) in [4.78, 5) is 13.0. The molecule has 0 bridgehead atoms. The lowest BCUT2D eigenvalue weighted by Crippen LogP contribution is -2.15. The van der Waals surface area contributed by atoms with E-state index in [0.29, 0.717) is 18.8 Å². The van der Waals surface area contributed by atoms with E-state index in [4.69, 9.17) is 9.47 Å². The summed E-state index contributed by atoms with van der Waals surface area (Å²) in [7, 11) is 0. The van der Waals surface area contributed by atoms with Crippen LogP contribution in [0.5, 0.6) is 11.5 Å². The molecule has 0 spiro atoms. The molecule has 0 aliphatic heterocycles. The molecular weight excluding hydrogens is 374 g/mol. The van der Waals surface area contributed by atoms with E-state index >= 15 is 0 Å². The zero-order chi connectivity index (χ0) is 21.5. The van der Waals surface area contributed by atoms with Crippen molar-refractivity contribution < 1.29 is 14.3 Å². The molecule has 0 aromatic heterocycles. The number of amides is 1. The fraction of sp³-hybridized carbons (Fsp3) is 0.269. The van der Waals surface area contributed by atoms with Crippen LogP contribution in [-0.4, -0.2) is 12.5 Å². The maximum absolute atomic E-state index is 13.0. The quantitative estimate of drug-likeness (QED) is 0.495. The third-order valence-corrected chi connectivity index (χ3v) is 5.02. The number of hydrogen-bond acceptors (Lipinski definition) is 3. The first-order valence-electron chi connectivity index (χ1n) is 10.4. The van der Waals surface area contributed by atoms with Crippen LogP contribution in [0.1, 0.15) is 46.5 Å². The molecule has 156 valence electrons. The van der Waals surface area contributed by atoms with Gasteiger partial charge in [-0.1, -0.05) is 42.8 Å². The van der Waals surface area contributed by atoms with E-state index in [9.17, 15) is 4.79 Å². The van der Waals surface area contributed by atoms with Crippen molar-refractivity contribution in [1.82, 2.24) is 0 Å². The second kappa shape index (κ2) is 9.97. The molecular formula is C26H29NO3. The van der Waals surface area contributed by atoms with Gasteiger partial charge in [-0.3, -0.25) is 4.79 Å². The van der Waals surface area contributed by atoms with Gasteiger partial charge in [0.05, 0.1) is 6.61 Å². The van der Waals surface area contributed by atoms with E-state index in [1.165, 1.54) is 5.56 Å². The van der Waals surface area contributed by atoms with Crippen LogP contribution in [0.3, 0.4) is 0 Å². The SMILES string of the molecule is CCOc1ccc(C(=O)Nc2c(C)cccc2CC)cc1COc1ccc(C)cc1. The predicted octanol–water partition coefficient (Wildman–Crippen LogP) is 6.10. The number of carbonyl (C=O) groups excluding carboxylic acids is 1. The topological polar surface area (TPSA) is 47.6 Å². The minimum absolute atomic E-state index is 0.140. The summed E-state index contributed by atoms with van der Waals surface area (Å²) in [6, 6.07) is 19.4. The zero-order valence-corrected chi connectivity index (χ0v) is 18.1. The molecule has 0 saturated heterocycles. The van der Waals surface area contributed by atoms with Gasteiger partial charge in [-0.25, -0.2) is 0 Å². The largest absolute Gasteiger partial charge is 0.493 e. The Morgan fingerprint density at radius 1 is 0.900 bits per heavy atom. The molecule has 4 heteroatoms. The summed E-state index contributed by atoms with van der Waals surface area (Å²) in [6.45, 7) is 8.94. The van der Waals surface area contributed by atoms with Gasteiger partial charge in [0, 0.05) is 16.8 Å². The van der Waals surface area contributed by atoms with Crippen molar-refractivity contribution in [2.24, 2.45) is 0 Å². The minimum Gasteiger partial charge on any atom is -0.493 e. The molecule has 0 unspecified atom stereocenters. The average Bonchev–Trinajstić information content (AvgIpc) is 2.75. The first-order chi connectivity index (χ1) is 14.5. The van der Waals surface area contributed by atoms with Crippen molar-refractivity contribution in [3.8, 4) is 11.5 Å².